The molecule has 0 bridgehead atoms. The second-order valence-electron chi connectivity index (χ2n) is 6.88. The molecule has 0 unspecified atom stereocenters. The van der Waals surface area contributed by atoms with Gasteiger partial charge in [0, 0.05) is 25.2 Å². The first-order valence-corrected chi connectivity index (χ1v) is 7.87. The lowest BCUT2D eigenvalue weighted by Gasteiger charge is -2.38. The van der Waals surface area contributed by atoms with Crippen LogP contribution < -0.4 is 11.1 Å². The summed E-state index contributed by atoms with van der Waals surface area (Å²) in [5.41, 5.74) is 4.03. The number of nitrogens with two attached hydrogens (primary N) is 1. The number of ether oxygens (including phenoxy) is 1. The Bertz CT molecular complexity index is 588. The summed E-state index contributed by atoms with van der Waals surface area (Å²) in [4.78, 5) is 12.1. The van der Waals surface area contributed by atoms with Gasteiger partial charge in [-0.1, -0.05) is 18.2 Å². The van der Waals surface area contributed by atoms with Gasteiger partial charge in [-0.05, 0) is 38.3 Å². The summed E-state index contributed by atoms with van der Waals surface area (Å²) < 4.78 is 44.4. The highest BCUT2D eigenvalue weighted by molar-refractivity contribution is 5.85. The standard InChI is InChI=1S/C17H23F3N2O2/c1-15(2,21)14(23)22-11-16(6-8-24-9-7-16)12-4-3-5-13(10-12)17(18,19)20/h3-5,10H,6-9,11,21H2,1-2H3,(H,22,23). The van der Waals surface area contributed by atoms with Gasteiger partial charge in [0.05, 0.1) is 11.1 Å². The lowest BCUT2D eigenvalue weighted by Crippen LogP contribution is -2.53. The van der Waals surface area contributed by atoms with E-state index in [1.54, 1.807) is 19.9 Å². The fraction of sp³-hybridized carbons (Fsp3) is 0.588. The Balaban J connectivity index is 2.30. The molecule has 0 aliphatic carbocycles. The number of alkyl halides is 3. The van der Waals surface area contributed by atoms with Crippen molar-refractivity contribution >= 4 is 5.91 Å². The van der Waals surface area contributed by atoms with Crippen LogP contribution in [-0.4, -0.2) is 31.2 Å². The van der Waals surface area contributed by atoms with Crippen LogP contribution in [0.1, 0.15) is 37.8 Å². The highest BCUT2D eigenvalue weighted by Gasteiger charge is 2.38. The Labute approximate surface area is 139 Å². The maximum atomic E-state index is 13.0. The van der Waals surface area contributed by atoms with Crippen LogP contribution in [0.15, 0.2) is 24.3 Å². The van der Waals surface area contributed by atoms with Crippen LogP contribution in [0.3, 0.4) is 0 Å². The second-order valence-corrected chi connectivity index (χ2v) is 6.88. The lowest BCUT2D eigenvalue weighted by molar-refractivity contribution is -0.137. The highest BCUT2D eigenvalue weighted by Crippen LogP contribution is 2.37. The zero-order valence-corrected chi connectivity index (χ0v) is 13.9. The number of hydrogen-bond acceptors (Lipinski definition) is 3. The Hall–Kier alpha value is -1.60. The number of hydrogen-bond donors (Lipinski definition) is 2. The van der Waals surface area contributed by atoms with E-state index in [0.29, 0.717) is 31.6 Å². The van der Waals surface area contributed by atoms with E-state index in [0.717, 1.165) is 6.07 Å². The lowest BCUT2D eigenvalue weighted by atomic mass is 9.73. The van der Waals surface area contributed by atoms with Crippen LogP contribution in [0.2, 0.25) is 0 Å². The van der Waals surface area contributed by atoms with E-state index in [2.05, 4.69) is 5.32 Å². The first-order valence-electron chi connectivity index (χ1n) is 7.87. The Kier molecular flexibility index (Phi) is 5.25. The zero-order chi connectivity index (χ0) is 18.0. The van der Waals surface area contributed by atoms with Crippen molar-refractivity contribution in [2.45, 2.75) is 43.8 Å². The van der Waals surface area contributed by atoms with Gasteiger partial charge in [0.1, 0.15) is 0 Å². The van der Waals surface area contributed by atoms with Crippen molar-refractivity contribution in [1.82, 2.24) is 5.32 Å². The molecule has 0 spiro atoms. The number of amides is 1. The molecule has 1 saturated heterocycles. The van der Waals surface area contributed by atoms with Crippen molar-refractivity contribution in [2.24, 2.45) is 5.73 Å². The van der Waals surface area contributed by atoms with Crippen molar-refractivity contribution in [3.8, 4) is 0 Å². The van der Waals surface area contributed by atoms with E-state index in [4.69, 9.17) is 10.5 Å². The summed E-state index contributed by atoms with van der Waals surface area (Å²) in [6.07, 6.45) is -3.32. The molecule has 134 valence electrons. The van der Waals surface area contributed by atoms with E-state index in [1.807, 2.05) is 0 Å². The minimum atomic E-state index is -4.40. The molecule has 0 radical (unpaired) electrons. The van der Waals surface area contributed by atoms with Gasteiger partial charge in [0.2, 0.25) is 5.91 Å². The largest absolute Gasteiger partial charge is 0.416 e. The summed E-state index contributed by atoms with van der Waals surface area (Å²) in [6, 6.07) is 5.31. The van der Waals surface area contributed by atoms with E-state index in [1.165, 1.54) is 12.1 Å². The van der Waals surface area contributed by atoms with Crippen molar-refractivity contribution in [3.63, 3.8) is 0 Å². The van der Waals surface area contributed by atoms with Crippen molar-refractivity contribution in [1.29, 1.82) is 0 Å². The molecule has 3 N–H and O–H groups in total. The van der Waals surface area contributed by atoms with Gasteiger partial charge in [-0.3, -0.25) is 4.79 Å². The molecule has 1 amide bonds. The fourth-order valence-corrected chi connectivity index (χ4v) is 2.83. The van der Waals surface area contributed by atoms with E-state index in [-0.39, 0.29) is 12.5 Å². The van der Waals surface area contributed by atoms with Crippen LogP contribution >= 0.6 is 0 Å². The summed E-state index contributed by atoms with van der Waals surface area (Å²) in [7, 11) is 0. The van der Waals surface area contributed by atoms with Crippen LogP contribution in [-0.2, 0) is 21.1 Å². The Morgan fingerprint density at radius 3 is 2.46 bits per heavy atom. The monoisotopic (exact) mass is 344 g/mol. The molecule has 1 heterocycles. The molecule has 1 aliphatic heterocycles. The summed E-state index contributed by atoms with van der Waals surface area (Å²) in [5.74, 6) is -0.333. The van der Waals surface area contributed by atoms with Gasteiger partial charge < -0.3 is 15.8 Å². The number of nitrogens with one attached hydrogen (secondary N) is 1. The van der Waals surface area contributed by atoms with E-state index >= 15 is 0 Å². The summed E-state index contributed by atoms with van der Waals surface area (Å²) >= 11 is 0. The SMILES string of the molecule is CC(C)(N)C(=O)NCC1(c2cccc(C(F)(F)F)c2)CCOCC1. The number of rotatable bonds is 4. The number of benzene rings is 1. The van der Waals surface area contributed by atoms with Crippen LogP contribution in [0.25, 0.3) is 0 Å². The van der Waals surface area contributed by atoms with E-state index in [9.17, 15) is 18.0 Å². The van der Waals surface area contributed by atoms with Gasteiger partial charge in [0.25, 0.3) is 0 Å². The molecule has 0 saturated carbocycles. The maximum Gasteiger partial charge on any atom is 0.416 e. The first-order chi connectivity index (χ1) is 11.0. The fourth-order valence-electron chi connectivity index (χ4n) is 2.83. The van der Waals surface area contributed by atoms with Crippen molar-refractivity contribution < 1.29 is 22.7 Å². The molecule has 0 aromatic heterocycles. The van der Waals surface area contributed by atoms with Crippen molar-refractivity contribution in [3.05, 3.63) is 35.4 Å². The molecule has 1 aromatic carbocycles. The number of carbonyl (C=O) groups excluding carboxylic acids is 1. The molecule has 1 aromatic rings. The van der Waals surface area contributed by atoms with Gasteiger partial charge in [-0.25, -0.2) is 0 Å². The van der Waals surface area contributed by atoms with Crippen LogP contribution in [0.5, 0.6) is 0 Å². The maximum absolute atomic E-state index is 13.0. The highest BCUT2D eigenvalue weighted by atomic mass is 19.4. The minimum Gasteiger partial charge on any atom is -0.381 e. The van der Waals surface area contributed by atoms with Gasteiger partial charge in [-0.15, -0.1) is 0 Å². The predicted octanol–water partition coefficient (Wildman–Crippen LogP) is 2.61. The third-order valence-electron chi connectivity index (χ3n) is 4.42. The molecule has 1 fully saturated rings. The Morgan fingerprint density at radius 1 is 1.29 bits per heavy atom. The summed E-state index contributed by atoms with van der Waals surface area (Å²) in [5, 5.41) is 2.79. The average molecular weight is 344 g/mol. The van der Waals surface area contributed by atoms with Gasteiger partial charge >= 0.3 is 6.18 Å². The van der Waals surface area contributed by atoms with Crippen molar-refractivity contribution in [2.75, 3.05) is 19.8 Å². The quantitative estimate of drug-likeness (QED) is 0.882. The number of halogens is 3. The zero-order valence-electron chi connectivity index (χ0n) is 13.9. The van der Waals surface area contributed by atoms with Gasteiger partial charge in [-0.2, -0.15) is 13.2 Å². The average Bonchev–Trinajstić information content (AvgIpc) is 2.52. The van der Waals surface area contributed by atoms with Gasteiger partial charge in [0.15, 0.2) is 0 Å². The molecule has 2 rings (SSSR count). The molecule has 1 aliphatic rings. The predicted molar refractivity (Wildman–Crippen MR) is 84.5 cm³/mol. The summed E-state index contributed by atoms with van der Waals surface area (Å²) in [6.45, 7) is 4.29. The molecule has 4 nitrogen and oxygen atoms in total. The third-order valence-corrected chi connectivity index (χ3v) is 4.42. The molecule has 7 heteroatoms. The molecular formula is C17H23F3N2O2. The normalized spacial score (nSPS) is 18.2. The smallest absolute Gasteiger partial charge is 0.381 e. The Morgan fingerprint density at radius 2 is 1.92 bits per heavy atom. The van der Waals surface area contributed by atoms with E-state index < -0.39 is 22.7 Å². The minimum absolute atomic E-state index is 0.233. The molecule has 0 atom stereocenters. The first kappa shape index (κ1) is 18.7. The third kappa shape index (κ3) is 4.27. The molecule has 24 heavy (non-hydrogen) atoms. The van der Waals surface area contributed by atoms with Crippen LogP contribution in [0, 0.1) is 0 Å². The van der Waals surface area contributed by atoms with Crippen LogP contribution in [0.4, 0.5) is 13.2 Å². The number of carbonyl (C=O) groups is 1. The topological polar surface area (TPSA) is 64.4 Å². The second kappa shape index (κ2) is 6.72. The molecular weight excluding hydrogens is 321 g/mol.